The Morgan fingerprint density at radius 3 is 2.42 bits per heavy atom. The minimum Gasteiger partial charge on any atom is -0.493 e. The SMILES string of the molecule is COc1cc(-c2noc(Cn3ncn4nc(-c5cc(C)ccc5C)cc4c3=O)n2)cc(OC)c1OC. The van der Waals surface area contributed by atoms with Crippen molar-refractivity contribution in [2.75, 3.05) is 21.3 Å². The maximum atomic E-state index is 13.1. The Morgan fingerprint density at radius 2 is 1.72 bits per heavy atom. The first-order valence-corrected chi connectivity index (χ1v) is 11.1. The zero-order chi connectivity index (χ0) is 25.4. The quantitative estimate of drug-likeness (QED) is 0.340. The van der Waals surface area contributed by atoms with Crippen LogP contribution in [0.1, 0.15) is 17.0 Å². The van der Waals surface area contributed by atoms with Crippen LogP contribution in [0.5, 0.6) is 17.2 Å². The zero-order valence-electron chi connectivity index (χ0n) is 20.5. The summed E-state index contributed by atoms with van der Waals surface area (Å²) in [6, 6.07) is 11.3. The molecule has 3 heterocycles. The molecule has 3 aromatic heterocycles. The highest BCUT2D eigenvalue weighted by Gasteiger charge is 2.18. The fourth-order valence-corrected chi connectivity index (χ4v) is 3.97. The van der Waals surface area contributed by atoms with Gasteiger partial charge in [-0.3, -0.25) is 4.79 Å². The summed E-state index contributed by atoms with van der Waals surface area (Å²) in [6.45, 7) is 4.03. The van der Waals surface area contributed by atoms with Gasteiger partial charge in [0.2, 0.25) is 17.5 Å². The topological polar surface area (TPSA) is 119 Å². The maximum Gasteiger partial charge on any atom is 0.293 e. The second-order valence-corrected chi connectivity index (χ2v) is 8.20. The molecule has 0 saturated carbocycles. The van der Waals surface area contributed by atoms with Crippen molar-refractivity contribution in [3.63, 3.8) is 0 Å². The summed E-state index contributed by atoms with van der Waals surface area (Å²) < 4.78 is 24.3. The van der Waals surface area contributed by atoms with Gasteiger partial charge >= 0.3 is 0 Å². The van der Waals surface area contributed by atoms with Gasteiger partial charge in [-0.05, 0) is 43.7 Å². The average Bonchev–Trinajstić information content (AvgIpc) is 3.54. The Bertz CT molecular complexity index is 1610. The van der Waals surface area contributed by atoms with Crippen LogP contribution in [0.2, 0.25) is 0 Å². The van der Waals surface area contributed by atoms with E-state index < -0.39 is 0 Å². The van der Waals surface area contributed by atoms with Crippen molar-refractivity contribution >= 4 is 5.52 Å². The third-order valence-corrected chi connectivity index (χ3v) is 5.83. The highest BCUT2D eigenvalue weighted by atomic mass is 16.5. The van der Waals surface area contributed by atoms with Crippen molar-refractivity contribution in [1.82, 2.24) is 29.5 Å². The summed E-state index contributed by atoms with van der Waals surface area (Å²) in [5, 5.41) is 12.8. The van der Waals surface area contributed by atoms with Crippen LogP contribution in [0.4, 0.5) is 0 Å². The highest BCUT2D eigenvalue weighted by molar-refractivity contribution is 5.69. The summed E-state index contributed by atoms with van der Waals surface area (Å²) in [4.78, 5) is 17.6. The molecule has 0 unspecified atom stereocenters. The van der Waals surface area contributed by atoms with Crippen molar-refractivity contribution in [3.05, 3.63) is 70.1 Å². The predicted molar refractivity (Wildman–Crippen MR) is 131 cm³/mol. The molecule has 0 amide bonds. The van der Waals surface area contributed by atoms with Gasteiger partial charge in [-0.2, -0.15) is 15.2 Å². The summed E-state index contributed by atoms with van der Waals surface area (Å²) in [6.07, 6.45) is 1.49. The number of aromatic nitrogens is 6. The highest BCUT2D eigenvalue weighted by Crippen LogP contribution is 2.40. The second-order valence-electron chi connectivity index (χ2n) is 8.20. The van der Waals surface area contributed by atoms with E-state index in [1.807, 2.05) is 32.0 Å². The van der Waals surface area contributed by atoms with E-state index in [0.717, 1.165) is 16.7 Å². The summed E-state index contributed by atoms with van der Waals surface area (Å²) >= 11 is 0. The fourth-order valence-electron chi connectivity index (χ4n) is 3.97. The molecule has 0 bridgehead atoms. The molecule has 0 aliphatic rings. The minimum absolute atomic E-state index is 0.00323. The molecule has 0 fully saturated rings. The zero-order valence-corrected chi connectivity index (χ0v) is 20.5. The molecule has 184 valence electrons. The number of hydrogen-bond acceptors (Lipinski definition) is 9. The normalized spacial score (nSPS) is 11.1. The summed E-state index contributed by atoms with van der Waals surface area (Å²) in [5.74, 6) is 1.90. The van der Waals surface area contributed by atoms with Crippen LogP contribution >= 0.6 is 0 Å². The van der Waals surface area contributed by atoms with E-state index in [1.165, 1.54) is 36.9 Å². The molecule has 36 heavy (non-hydrogen) atoms. The first-order valence-electron chi connectivity index (χ1n) is 11.1. The van der Waals surface area contributed by atoms with E-state index in [-0.39, 0.29) is 18.0 Å². The number of nitrogens with zero attached hydrogens (tertiary/aromatic N) is 6. The average molecular weight is 489 g/mol. The standard InChI is InChI=1S/C25H24N6O5/c1-14-6-7-15(2)17(8-14)18-11-19-25(32)30(26-13-31(19)28-18)12-22-27-24(29-36-22)16-9-20(33-3)23(35-5)21(10-16)34-4/h6-11,13H,12H2,1-5H3. The first kappa shape index (κ1) is 23.1. The van der Waals surface area contributed by atoms with Crippen LogP contribution in [0.25, 0.3) is 28.2 Å². The van der Waals surface area contributed by atoms with Crippen LogP contribution in [0.15, 0.2) is 52.0 Å². The van der Waals surface area contributed by atoms with Gasteiger partial charge in [-0.1, -0.05) is 22.9 Å². The molecule has 0 spiro atoms. The monoisotopic (exact) mass is 488 g/mol. The van der Waals surface area contributed by atoms with E-state index in [0.29, 0.717) is 39.8 Å². The smallest absolute Gasteiger partial charge is 0.293 e. The molecule has 2 aromatic carbocycles. The fraction of sp³-hybridized carbons (Fsp3) is 0.240. The molecular formula is C25H24N6O5. The van der Waals surface area contributed by atoms with Crippen molar-refractivity contribution in [3.8, 4) is 39.9 Å². The molecule has 5 rings (SSSR count). The Balaban J connectivity index is 1.46. The number of benzene rings is 2. The van der Waals surface area contributed by atoms with E-state index in [1.54, 1.807) is 18.2 Å². The number of methoxy groups -OCH3 is 3. The van der Waals surface area contributed by atoms with Crippen LogP contribution in [0.3, 0.4) is 0 Å². The van der Waals surface area contributed by atoms with Gasteiger partial charge in [0.15, 0.2) is 11.5 Å². The van der Waals surface area contributed by atoms with E-state index in [2.05, 4.69) is 20.3 Å². The molecule has 0 saturated heterocycles. The van der Waals surface area contributed by atoms with Crippen molar-refractivity contribution < 1.29 is 18.7 Å². The van der Waals surface area contributed by atoms with Gasteiger partial charge in [0.1, 0.15) is 18.4 Å². The Kier molecular flexibility index (Phi) is 5.88. The largest absolute Gasteiger partial charge is 0.493 e. The number of fused-ring (bicyclic) bond motifs is 1. The number of hydrogen-bond donors (Lipinski definition) is 0. The van der Waals surface area contributed by atoms with Gasteiger partial charge in [0.25, 0.3) is 5.56 Å². The Hall–Kier alpha value is -4.67. The molecule has 0 aliphatic heterocycles. The Morgan fingerprint density at radius 1 is 0.972 bits per heavy atom. The predicted octanol–water partition coefficient (Wildman–Crippen LogP) is 3.30. The molecule has 11 heteroatoms. The molecule has 0 aliphatic carbocycles. The lowest BCUT2D eigenvalue weighted by atomic mass is 10.0. The Labute approximate surface area is 205 Å². The van der Waals surface area contributed by atoms with Crippen LogP contribution in [-0.4, -0.2) is 50.9 Å². The summed E-state index contributed by atoms with van der Waals surface area (Å²) in [7, 11) is 4.58. The van der Waals surface area contributed by atoms with Crippen molar-refractivity contribution in [2.24, 2.45) is 0 Å². The van der Waals surface area contributed by atoms with Crippen LogP contribution in [-0.2, 0) is 6.54 Å². The molecule has 0 atom stereocenters. The molecule has 11 nitrogen and oxygen atoms in total. The molecule has 0 radical (unpaired) electrons. The van der Waals surface area contributed by atoms with E-state index in [4.69, 9.17) is 18.7 Å². The number of ether oxygens (including phenoxy) is 3. The molecule has 5 aromatic rings. The van der Waals surface area contributed by atoms with Gasteiger partial charge in [-0.15, -0.1) is 0 Å². The van der Waals surface area contributed by atoms with Gasteiger partial charge in [0, 0.05) is 11.1 Å². The van der Waals surface area contributed by atoms with Gasteiger partial charge in [-0.25, -0.2) is 9.20 Å². The summed E-state index contributed by atoms with van der Waals surface area (Å²) in [5.41, 5.74) is 4.53. The second kappa shape index (κ2) is 9.17. The van der Waals surface area contributed by atoms with E-state index >= 15 is 0 Å². The third-order valence-electron chi connectivity index (χ3n) is 5.83. The van der Waals surface area contributed by atoms with E-state index in [9.17, 15) is 4.79 Å². The number of aryl methyl sites for hydroxylation is 2. The lowest BCUT2D eigenvalue weighted by molar-refractivity contribution is 0.324. The molecular weight excluding hydrogens is 464 g/mol. The van der Waals surface area contributed by atoms with Crippen LogP contribution < -0.4 is 19.8 Å². The van der Waals surface area contributed by atoms with Gasteiger partial charge in [0.05, 0.1) is 27.0 Å². The van der Waals surface area contributed by atoms with Crippen molar-refractivity contribution in [1.29, 1.82) is 0 Å². The lowest BCUT2D eigenvalue weighted by Gasteiger charge is -2.12. The van der Waals surface area contributed by atoms with Crippen molar-refractivity contribution in [2.45, 2.75) is 20.4 Å². The molecule has 0 N–H and O–H groups in total. The van der Waals surface area contributed by atoms with Gasteiger partial charge < -0.3 is 18.7 Å². The van der Waals surface area contributed by atoms with Crippen LogP contribution in [0, 0.1) is 13.8 Å². The lowest BCUT2D eigenvalue weighted by Crippen LogP contribution is -2.25. The third kappa shape index (κ3) is 4.04. The maximum absolute atomic E-state index is 13.1. The minimum atomic E-state index is -0.325. The first-order chi connectivity index (χ1) is 17.4. The number of rotatable bonds is 7.